The van der Waals surface area contributed by atoms with E-state index in [9.17, 15) is 9.18 Å². The number of piperazine rings is 1. The van der Waals surface area contributed by atoms with Crippen LogP contribution in [0.5, 0.6) is 0 Å². The SMILES string of the molecule is CC1CN(c2cccc(F)c2)CC(CC(=O)O)N1C. The van der Waals surface area contributed by atoms with Gasteiger partial charge in [-0.2, -0.15) is 0 Å². The number of nitrogens with zero attached hydrogens (tertiary/aromatic N) is 2. The Hall–Kier alpha value is -1.62. The van der Waals surface area contributed by atoms with Crippen molar-refractivity contribution in [2.24, 2.45) is 0 Å². The molecular formula is C14H19FN2O2. The van der Waals surface area contributed by atoms with Crippen LogP contribution in [0.4, 0.5) is 10.1 Å². The molecule has 4 nitrogen and oxygen atoms in total. The molecule has 104 valence electrons. The highest BCUT2D eigenvalue weighted by Gasteiger charge is 2.31. The number of hydrogen-bond acceptors (Lipinski definition) is 3. The van der Waals surface area contributed by atoms with Crippen molar-refractivity contribution in [1.29, 1.82) is 0 Å². The summed E-state index contributed by atoms with van der Waals surface area (Å²) in [5.74, 6) is -1.07. The van der Waals surface area contributed by atoms with Crippen LogP contribution in [0.1, 0.15) is 13.3 Å². The molecule has 0 amide bonds. The van der Waals surface area contributed by atoms with Crippen LogP contribution in [-0.2, 0) is 4.79 Å². The molecule has 0 radical (unpaired) electrons. The van der Waals surface area contributed by atoms with Crippen molar-refractivity contribution >= 4 is 11.7 Å². The molecule has 1 aromatic carbocycles. The molecule has 2 rings (SSSR count). The minimum Gasteiger partial charge on any atom is -0.481 e. The summed E-state index contributed by atoms with van der Waals surface area (Å²) in [6, 6.07) is 6.64. The maximum atomic E-state index is 13.3. The number of carbonyl (C=O) groups is 1. The van der Waals surface area contributed by atoms with Gasteiger partial charge in [0.15, 0.2) is 0 Å². The summed E-state index contributed by atoms with van der Waals surface area (Å²) in [6.45, 7) is 3.44. The molecule has 0 bridgehead atoms. The zero-order valence-electron chi connectivity index (χ0n) is 11.2. The van der Waals surface area contributed by atoms with Gasteiger partial charge >= 0.3 is 5.97 Å². The maximum absolute atomic E-state index is 13.3. The van der Waals surface area contributed by atoms with Gasteiger partial charge in [-0.3, -0.25) is 9.69 Å². The van der Waals surface area contributed by atoms with Crippen molar-refractivity contribution < 1.29 is 14.3 Å². The van der Waals surface area contributed by atoms with Gasteiger partial charge < -0.3 is 10.0 Å². The third-order valence-electron chi connectivity index (χ3n) is 3.77. The van der Waals surface area contributed by atoms with Gasteiger partial charge in [-0.15, -0.1) is 0 Å². The standard InChI is InChI=1S/C14H19FN2O2/c1-10-8-17(12-5-3-4-11(15)6-12)9-13(16(10)2)7-14(18)19/h3-6,10,13H,7-9H2,1-2H3,(H,18,19). The van der Waals surface area contributed by atoms with Crippen LogP contribution >= 0.6 is 0 Å². The minimum atomic E-state index is -0.801. The third-order valence-corrected chi connectivity index (χ3v) is 3.77. The van der Waals surface area contributed by atoms with Gasteiger partial charge in [-0.1, -0.05) is 6.07 Å². The minimum absolute atomic E-state index is 0.0514. The number of hydrogen-bond donors (Lipinski definition) is 1. The third kappa shape index (κ3) is 3.23. The van der Waals surface area contributed by atoms with Gasteiger partial charge in [-0.05, 0) is 32.2 Å². The average Bonchev–Trinajstić information content (AvgIpc) is 2.34. The average molecular weight is 266 g/mol. The maximum Gasteiger partial charge on any atom is 0.305 e. The number of carboxylic acid groups (broad SMARTS) is 1. The van der Waals surface area contributed by atoms with Gasteiger partial charge in [-0.25, -0.2) is 4.39 Å². The van der Waals surface area contributed by atoms with E-state index in [0.29, 0.717) is 6.54 Å². The quantitative estimate of drug-likeness (QED) is 0.906. The van der Waals surface area contributed by atoms with Crippen molar-refractivity contribution in [3.8, 4) is 0 Å². The second kappa shape index (κ2) is 5.57. The van der Waals surface area contributed by atoms with E-state index in [1.807, 2.05) is 13.1 Å². The molecule has 1 fully saturated rings. The van der Waals surface area contributed by atoms with E-state index in [1.165, 1.54) is 12.1 Å². The van der Waals surface area contributed by atoms with Crippen LogP contribution in [0, 0.1) is 5.82 Å². The number of carboxylic acids is 1. The second-order valence-electron chi connectivity index (χ2n) is 5.15. The molecule has 1 aromatic rings. The van der Waals surface area contributed by atoms with Gasteiger partial charge in [0.2, 0.25) is 0 Å². The number of anilines is 1. The number of rotatable bonds is 3. The Morgan fingerprint density at radius 1 is 1.47 bits per heavy atom. The lowest BCUT2D eigenvalue weighted by Crippen LogP contribution is -2.56. The highest BCUT2D eigenvalue weighted by Crippen LogP contribution is 2.23. The molecule has 19 heavy (non-hydrogen) atoms. The predicted octanol–water partition coefficient (Wildman–Crippen LogP) is 1.81. The molecule has 0 spiro atoms. The van der Waals surface area contributed by atoms with Crippen molar-refractivity contribution in [3.05, 3.63) is 30.1 Å². The van der Waals surface area contributed by atoms with Crippen LogP contribution in [0.15, 0.2) is 24.3 Å². The topological polar surface area (TPSA) is 43.8 Å². The zero-order valence-corrected chi connectivity index (χ0v) is 11.2. The highest BCUT2D eigenvalue weighted by molar-refractivity contribution is 5.67. The monoisotopic (exact) mass is 266 g/mol. The van der Waals surface area contributed by atoms with Gasteiger partial charge in [0, 0.05) is 30.9 Å². The van der Waals surface area contributed by atoms with E-state index >= 15 is 0 Å². The fourth-order valence-electron chi connectivity index (χ4n) is 2.56. The Bertz CT molecular complexity index is 467. The summed E-state index contributed by atoms with van der Waals surface area (Å²) in [5, 5.41) is 8.97. The lowest BCUT2D eigenvalue weighted by Gasteiger charge is -2.44. The van der Waals surface area contributed by atoms with Gasteiger partial charge in [0.1, 0.15) is 5.82 Å². The van der Waals surface area contributed by atoms with Crippen molar-refractivity contribution in [2.45, 2.75) is 25.4 Å². The molecule has 0 aromatic heterocycles. The Morgan fingerprint density at radius 3 is 2.84 bits per heavy atom. The first-order valence-corrected chi connectivity index (χ1v) is 6.41. The fourth-order valence-corrected chi connectivity index (χ4v) is 2.56. The molecular weight excluding hydrogens is 247 g/mol. The number of aliphatic carboxylic acids is 1. The van der Waals surface area contributed by atoms with E-state index in [2.05, 4.69) is 16.7 Å². The molecule has 1 aliphatic heterocycles. The molecule has 0 aliphatic carbocycles. The molecule has 2 atom stereocenters. The lowest BCUT2D eigenvalue weighted by molar-refractivity contribution is -0.138. The number of halogens is 1. The fraction of sp³-hybridized carbons (Fsp3) is 0.500. The number of likely N-dealkylation sites (N-methyl/N-ethyl adjacent to an activating group) is 1. The lowest BCUT2D eigenvalue weighted by atomic mass is 10.0. The highest BCUT2D eigenvalue weighted by atomic mass is 19.1. The predicted molar refractivity (Wildman–Crippen MR) is 71.9 cm³/mol. The van der Waals surface area contributed by atoms with Crippen molar-refractivity contribution in [3.63, 3.8) is 0 Å². The van der Waals surface area contributed by atoms with Crippen LogP contribution < -0.4 is 4.90 Å². The van der Waals surface area contributed by atoms with E-state index in [1.54, 1.807) is 6.07 Å². The van der Waals surface area contributed by atoms with E-state index in [-0.39, 0.29) is 24.3 Å². The van der Waals surface area contributed by atoms with Crippen molar-refractivity contribution in [2.75, 3.05) is 25.0 Å². The smallest absolute Gasteiger partial charge is 0.305 e. The second-order valence-corrected chi connectivity index (χ2v) is 5.15. The van der Waals surface area contributed by atoms with Crippen LogP contribution in [-0.4, -0.2) is 48.2 Å². The first kappa shape index (κ1) is 13.8. The summed E-state index contributed by atoms with van der Waals surface area (Å²) in [6.07, 6.45) is 0.104. The summed E-state index contributed by atoms with van der Waals surface area (Å²) in [7, 11) is 1.95. The van der Waals surface area contributed by atoms with Crippen LogP contribution in [0.2, 0.25) is 0 Å². The summed E-state index contributed by atoms with van der Waals surface area (Å²) < 4.78 is 13.3. The summed E-state index contributed by atoms with van der Waals surface area (Å²) in [5.41, 5.74) is 0.815. The Morgan fingerprint density at radius 2 is 2.21 bits per heavy atom. The molecule has 1 N–H and O–H groups in total. The molecule has 1 heterocycles. The van der Waals surface area contributed by atoms with Gasteiger partial charge in [0.05, 0.1) is 6.42 Å². The van der Waals surface area contributed by atoms with Gasteiger partial charge in [0.25, 0.3) is 0 Å². The molecule has 2 unspecified atom stereocenters. The Balaban J connectivity index is 2.16. The van der Waals surface area contributed by atoms with Crippen LogP contribution in [0.3, 0.4) is 0 Å². The molecule has 5 heteroatoms. The summed E-state index contributed by atoms with van der Waals surface area (Å²) >= 11 is 0. The first-order chi connectivity index (χ1) is 8.97. The van der Waals surface area contributed by atoms with E-state index in [0.717, 1.165) is 12.2 Å². The molecule has 1 saturated heterocycles. The largest absolute Gasteiger partial charge is 0.481 e. The summed E-state index contributed by atoms with van der Waals surface area (Å²) in [4.78, 5) is 15.1. The first-order valence-electron chi connectivity index (χ1n) is 6.41. The van der Waals surface area contributed by atoms with E-state index < -0.39 is 5.97 Å². The zero-order chi connectivity index (χ0) is 14.0. The van der Waals surface area contributed by atoms with Crippen molar-refractivity contribution in [1.82, 2.24) is 4.90 Å². The number of benzene rings is 1. The van der Waals surface area contributed by atoms with E-state index in [4.69, 9.17) is 5.11 Å². The van der Waals surface area contributed by atoms with Crippen LogP contribution in [0.25, 0.3) is 0 Å². The Labute approximate surface area is 112 Å². The molecule has 1 aliphatic rings. The molecule has 0 saturated carbocycles. The normalized spacial score (nSPS) is 24.5. The Kier molecular flexibility index (Phi) is 4.04.